The Morgan fingerprint density at radius 3 is 2.80 bits per heavy atom. The predicted octanol–water partition coefficient (Wildman–Crippen LogP) is 2.93. The normalized spacial score (nSPS) is 10.9. The second-order valence-electron chi connectivity index (χ2n) is 4.50. The summed E-state index contributed by atoms with van der Waals surface area (Å²) >= 11 is 0. The van der Waals surface area contributed by atoms with Gasteiger partial charge in [-0.3, -0.25) is 0 Å². The summed E-state index contributed by atoms with van der Waals surface area (Å²) in [4.78, 5) is 4.34. The number of pyridine rings is 1. The molecule has 3 rings (SSSR count). The maximum Gasteiger partial charge on any atom is 0.243 e. The van der Waals surface area contributed by atoms with Crippen LogP contribution in [0.4, 0.5) is 14.7 Å². The van der Waals surface area contributed by atoms with Crippen molar-refractivity contribution in [1.29, 1.82) is 0 Å². The zero-order valence-electron chi connectivity index (χ0n) is 10.8. The van der Waals surface area contributed by atoms with Crippen molar-refractivity contribution in [2.75, 3.05) is 5.32 Å². The molecule has 0 spiro atoms. The van der Waals surface area contributed by atoms with Crippen LogP contribution < -0.4 is 5.32 Å². The molecule has 0 unspecified atom stereocenters. The van der Waals surface area contributed by atoms with Crippen LogP contribution >= 0.6 is 0 Å². The number of anilines is 1. The van der Waals surface area contributed by atoms with E-state index in [0.717, 1.165) is 23.3 Å². The van der Waals surface area contributed by atoms with E-state index in [2.05, 4.69) is 15.4 Å². The maximum absolute atomic E-state index is 13.1. The minimum atomic E-state index is -0.858. The van der Waals surface area contributed by atoms with Crippen LogP contribution in [0.15, 0.2) is 36.5 Å². The fraction of sp³-hybridized carbons (Fsp3) is 0.143. The van der Waals surface area contributed by atoms with Crippen LogP contribution in [0.5, 0.6) is 0 Å². The van der Waals surface area contributed by atoms with Gasteiger partial charge in [0.25, 0.3) is 0 Å². The number of benzene rings is 1. The highest BCUT2D eigenvalue weighted by Crippen LogP contribution is 2.12. The summed E-state index contributed by atoms with van der Waals surface area (Å²) in [7, 11) is 0. The molecule has 0 radical (unpaired) electrons. The summed E-state index contributed by atoms with van der Waals surface area (Å²) in [5, 5.41) is 7.25. The molecule has 0 aliphatic heterocycles. The lowest BCUT2D eigenvalue weighted by atomic mass is 10.2. The van der Waals surface area contributed by atoms with Gasteiger partial charge < -0.3 is 5.32 Å². The van der Waals surface area contributed by atoms with Crippen LogP contribution in [-0.2, 0) is 6.54 Å². The Kier molecular flexibility index (Phi) is 3.06. The molecule has 0 fully saturated rings. The second kappa shape index (κ2) is 4.88. The van der Waals surface area contributed by atoms with Gasteiger partial charge in [0, 0.05) is 12.7 Å². The van der Waals surface area contributed by atoms with Crippen LogP contribution in [0.25, 0.3) is 5.65 Å². The molecular weight excluding hydrogens is 262 g/mol. The van der Waals surface area contributed by atoms with Crippen molar-refractivity contribution in [3.05, 3.63) is 59.3 Å². The van der Waals surface area contributed by atoms with Crippen LogP contribution in [-0.4, -0.2) is 14.6 Å². The van der Waals surface area contributed by atoms with Crippen molar-refractivity contribution in [2.24, 2.45) is 0 Å². The first-order chi connectivity index (χ1) is 9.63. The van der Waals surface area contributed by atoms with Crippen molar-refractivity contribution < 1.29 is 8.78 Å². The number of fused-ring (bicyclic) bond motifs is 1. The van der Waals surface area contributed by atoms with Crippen molar-refractivity contribution in [1.82, 2.24) is 14.6 Å². The largest absolute Gasteiger partial charge is 0.349 e. The number of aromatic nitrogens is 3. The second-order valence-corrected chi connectivity index (χ2v) is 4.50. The molecule has 20 heavy (non-hydrogen) atoms. The molecule has 1 N–H and O–H groups in total. The number of aryl methyl sites for hydroxylation is 1. The number of halogens is 2. The molecule has 0 aliphatic carbocycles. The monoisotopic (exact) mass is 274 g/mol. The Balaban J connectivity index is 1.79. The van der Waals surface area contributed by atoms with Crippen LogP contribution in [0.3, 0.4) is 0 Å². The molecule has 0 atom stereocenters. The number of hydrogen-bond donors (Lipinski definition) is 1. The summed E-state index contributed by atoms with van der Waals surface area (Å²) in [6.07, 6.45) is 1.80. The zero-order valence-corrected chi connectivity index (χ0v) is 10.8. The third-order valence-electron chi connectivity index (χ3n) is 2.99. The number of nitrogens with one attached hydrogen (secondary N) is 1. The lowest BCUT2D eigenvalue weighted by Gasteiger charge is -2.02. The lowest BCUT2D eigenvalue weighted by molar-refractivity contribution is 0.507. The van der Waals surface area contributed by atoms with E-state index in [4.69, 9.17) is 0 Å². The van der Waals surface area contributed by atoms with Gasteiger partial charge in [0.1, 0.15) is 0 Å². The van der Waals surface area contributed by atoms with E-state index in [1.54, 1.807) is 10.7 Å². The molecule has 3 aromatic rings. The SMILES string of the molecule is Cc1cccn2nc(NCc3ccc(F)c(F)c3)nc12. The van der Waals surface area contributed by atoms with E-state index in [0.29, 0.717) is 18.1 Å². The summed E-state index contributed by atoms with van der Waals surface area (Å²) in [5.41, 5.74) is 2.40. The predicted molar refractivity (Wildman–Crippen MR) is 71.4 cm³/mol. The van der Waals surface area contributed by atoms with Gasteiger partial charge in [-0.1, -0.05) is 12.1 Å². The van der Waals surface area contributed by atoms with Crippen LogP contribution in [0.2, 0.25) is 0 Å². The summed E-state index contributed by atoms with van der Waals surface area (Å²) in [5.74, 6) is -1.26. The van der Waals surface area contributed by atoms with E-state index < -0.39 is 11.6 Å². The van der Waals surface area contributed by atoms with Gasteiger partial charge >= 0.3 is 0 Å². The first-order valence-corrected chi connectivity index (χ1v) is 6.13. The molecule has 0 bridgehead atoms. The van der Waals surface area contributed by atoms with Gasteiger partial charge in [-0.05, 0) is 36.2 Å². The summed E-state index contributed by atoms with van der Waals surface area (Å²) < 4.78 is 27.6. The number of rotatable bonds is 3. The summed E-state index contributed by atoms with van der Waals surface area (Å²) in [6.45, 7) is 2.27. The molecule has 0 saturated heterocycles. The van der Waals surface area contributed by atoms with Crippen molar-refractivity contribution in [3.63, 3.8) is 0 Å². The average molecular weight is 274 g/mol. The van der Waals surface area contributed by atoms with Crippen LogP contribution in [0, 0.1) is 18.6 Å². The standard InChI is InChI=1S/C14H12F2N4/c1-9-3-2-6-20-13(9)18-14(19-20)17-8-10-4-5-11(15)12(16)7-10/h2-7H,8H2,1H3,(H,17,19). The third-order valence-corrected chi connectivity index (χ3v) is 2.99. The van der Waals surface area contributed by atoms with Gasteiger partial charge in [-0.25, -0.2) is 13.3 Å². The Morgan fingerprint density at radius 2 is 2.05 bits per heavy atom. The van der Waals surface area contributed by atoms with E-state index >= 15 is 0 Å². The summed E-state index contributed by atoms with van der Waals surface area (Å²) in [6, 6.07) is 7.61. The van der Waals surface area contributed by atoms with E-state index in [9.17, 15) is 8.78 Å². The van der Waals surface area contributed by atoms with E-state index in [1.165, 1.54) is 6.07 Å². The molecule has 6 heteroatoms. The fourth-order valence-electron chi connectivity index (χ4n) is 1.95. The molecule has 4 nitrogen and oxygen atoms in total. The first kappa shape index (κ1) is 12.5. The fourth-order valence-corrected chi connectivity index (χ4v) is 1.95. The smallest absolute Gasteiger partial charge is 0.243 e. The molecule has 2 aromatic heterocycles. The zero-order chi connectivity index (χ0) is 14.1. The number of hydrogen-bond acceptors (Lipinski definition) is 3. The van der Waals surface area contributed by atoms with Gasteiger partial charge in [-0.15, -0.1) is 5.10 Å². The molecular formula is C14H12F2N4. The third kappa shape index (κ3) is 2.32. The van der Waals surface area contributed by atoms with Crippen molar-refractivity contribution >= 4 is 11.6 Å². The van der Waals surface area contributed by atoms with Gasteiger partial charge in [-0.2, -0.15) is 4.98 Å². The quantitative estimate of drug-likeness (QED) is 0.798. The Bertz CT molecular complexity index is 767. The Morgan fingerprint density at radius 1 is 1.20 bits per heavy atom. The Labute approximate surface area is 114 Å². The minimum absolute atomic E-state index is 0.327. The van der Waals surface area contributed by atoms with Gasteiger partial charge in [0.05, 0.1) is 0 Å². The number of nitrogens with zero attached hydrogens (tertiary/aromatic N) is 3. The van der Waals surface area contributed by atoms with E-state index in [-0.39, 0.29) is 0 Å². The molecule has 2 heterocycles. The lowest BCUT2D eigenvalue weighted by Crippen LogP contribution is -2.02. The van der Waals surface area contributed by atoms with Gasteiger partial charge in [0.15, 0.2) is 17.3 Å². The molecule has 0 amide bonds. The first-order valence-electron chi connectivity index (χ1n) is 6.13. The average Bonchev–Trinajstić information content (AvgIpc) is 2.85. The van der Waals surface area contributed by atoms with E-state index in [1.807, 2.05) is 19.1 Å². The minimum Gasteiger partial charge on any atom is -0.349 e. The highest BCUT2D eigenvalue weighted by atomic mass is 19.2. The molecule has 102 valence electrons. The van der Waals surface area contributed by atoms with Gasteiger partial charge in [0.2, 0.25) is 5.95 Å². The Hall–Kier alpha value is -2.50. The highest BCUT2D eigenvalue weighted by Gasteiger charge is 2.06. The van der Waals surface area contributed by atoms with Crippen LogP contribution in [0.1, 0.15) is 11.1 Å². The topological polar surface area (TPSA) is 42.2 Å². The molecule has 0 saturated carbocycles. The van der Waals surface area contributed by atoms with Crippen molar-refractivity contribution in [2.45, 2.75) is 13.5 Å². The maximum atomic E-state index is 13.1. The van der Waals surface area contributed by atoms with Crippen molar-refractivity contribution in [3.8, 4) is 0 Å². The highest BCUT2D eigenvalue weighted by molar-refractivity contribution is 5.49. The molecule has 1 aromatic carbocycles. The molecule has 0 aliphatic rings.